The fourth-order valence-corrected chi connectivity index (χ4v) is 2.15. The summed E-state index contributed by atoms with van der Waals surface area (Å²) in [6, 6.07) is 0. The average molecular weight is 245 g/mol. The molecule has 1 aromatic heterocycles. The first kappa shape index (κ1) is 10.8. The second kappa shape index (κ2) is 4.80. The van der Waals surface area contributed by atoms with Crippen LogP contribution in [0, 0.1) is 6.92 Å². The number of hydrogen-bond donors (Lipinski definition) is 0. The lowest BCUT2D eigenvalue weighted by atomic mass is 10.2. The van der Waals surface area contributed by atoms with Crippen molar-refractivity contribution < 1.29 is 0 Å². The maximum Gasteiger partial charge on any atom is 0.127 e. The van der Waals surface area contributed by atoms with E-state index in [1.165, 1.54) is 25.0 Å². The molecule has 0 spiro atoms. The van der Waals surface area contributed by atoms with E-state index in [0.717, 1.165) is 16.8 Å². The Hall–Kier alpha value is -0.310. The van der Waals surface area contributed by atoms with Crippen LogP contribution in [0.1, 0.15) is 37.7 Å². The number of aromatic nitrogens is 2. The van der Waals surface area contributed by atoms with E-state index in [9.17, 15) is 0 Å². The highest BCUT2D eigenvalue weighted by Crippen LogP contribution is 2.18. The van der Waals surface area contributed by atoms with Gasteiger partial charge in [-0.05, 0) is 35.7 Å². The van der Waals surface area contributed by atoms with Gasteiger partial charge >= 0.3 is 0 Å². The van der Waals surface area contributed by atoms with Gasteiger partial charge in [0.2, 0.25) is 0 Å². The van der Waals surface area contributed by atoms with Gasteiger partial charge in [0, 0.05) is 7.05 Å². The molecule has 1 rings (SSSR count). The molecule has 0 amide bonds. The van der Waals surface area contributed by atoms with Crippen LogP contribution in [0.3, 0.4) is 0 Å². The van der Waals surface area contributed by atoms with Gasteiger partial charge in [0.15, 0.2) is 0 Å². The largest absolute Gasteiger partial charge is 0.334 e. The van der Waals surface area contributed by atoms with Crippen molar-refractivity contribution in [2.75, 3.05) is 0 Å². The fourth-order valence-electron chi connectivity index (χ4n) is 1.43. The summed E-state index contributed by atoms with van der Waals surface area (Å²) in [7, 11) is 2.08. The zero-order valence-electron chi connectivity index (χ0n) is 8.60. The summed E-state index contributed by atoms with van der Waals surface area (Å²) in [5.74, 6) is 1.08. The molecule has 0 radical (unpaired) electrons. The molecular weight excluding hydrogens is 228 g/mol. The molecule has 0 unspecified atom stereocenters. The van der Waals surface area contributed by atoms with Crippen molar-refractivity contribution in [3.63, 3.8) is 0 Å². The number of imidazole rings is 1. The van der Waals surface area contributed by atoms with Gasteiger partial charge in [0.25, 0.3) is 0 Å². The van der Waals surface area contributed by atoms with E-state index in [1.54, 1.807) is 0 Å². The van der Waals surface area contributed by atoms with Gasteiger partial charge in [-0.1, -0.05) is 19.8 Å². The first-order valence-electron chi connectivity index (χ1n) is 4.84. The van der Waals surface area contributed by atoms with Crippen LogP contribution < -0.4 is 0 Å². The summed E-state index contributed by atoms with van der Waals surface area (Å²) < 4.78 is 3.18. The minimum Gasteiger partial charge on any atom is -0.334 e. The van der Waals surface area contributed by atoms with Crippen LogP contribution in [0.25, 0.3) is 0 Å². The molecule has 0 saturated carbocycles. The highest BCUT2D eigenvalue weighted by Gasteiger charge is 2.08. The Morgan fingerprint density at radius 1 is 1.38 bits per heavy atom. The zero-order valence-corrected chi connectivity index (χ0v) is 10.2. The quantitative estimate of drug-likeness (QED) is 0.744. The lowest BCUT2D eigenvalue weighted by molar-refractivity contribution is 0.679. The Labute approximate surface area is 88.5 Å². The monoisotopic (exact) mass is 244 g/mol. The maximum atomic E-state index is 4.37. The number of halogens is 1. The standard InChI is InChI=1S/C10H17BrN2/c1-4-5-6-7-9-10(11)12-8(2)13(9)3/h4-7H2,1-3H3. The lowest BCUT2D eigenvalue weighted by Gasteiger charge is -2.03. The third-order valence-corrected chi connectivity index (χ3v) is 3.04. The number of nitrogens with zero attached hydrogens (tertiary/aromatic N) is 2. The predicted molar refractivity (Wildman–Crippen MR) is 58.9 cm³/mol. The topological polar surface area (TPSA) is 17.8 Å². The van der Waals surface area contributed by atoms with Gasteiger partial charge in [-0.2, -0.15) is 0 Å². The molecule has 0 atom stereocenters. The van der Waals surface area contributed by atoms with Crippen LogP contribution in [-0.2, 0) is 13.5 Å². The molecule has 0 fully saturated rings. The van der Waals surface area contributed by atoms with E-state index in [1.807, 2.05) is 6.92 Å². The summed E-state index contributed by atoms with van der Waals surface area (Å²) in [5.41, 5.74) is 1.32. The third kappa shape index (κ3) is 2.56. The second-order valence-corrected chi connectivity index (χ2v) is 4.16. The van der Waals surface area contributed by atoms with E-state index in [4.69, 9.17) is 0 Å². The van der Waals surface area contributed by atoms with Crippen molar-refractivity contribution in [2.45, 2.75) is 39.5 Å². The Morgan fingerprint density at radius 3 is 2.54 bits per heavy atom. The van der Waals surface area contributed by atoms with E-state index in [0.29, 0.717) is 0 Å². The highest BCUT2D eigenvalue weighted by molar-refractivity contribution is 9.10. The van der Waals surface area contributed by atoms with Gasteiger partial charge in [-0.15, -0.1) is 0 Å². The summed E-state index contributed by atoms with van der Waals surface area (Å²) in [6.07, 6.45) is 4.96. The van der Waals surface area contributed by atoms with Gasteiger partial charge in [0.1, 0.15) is 10.4 Å². The Kier molecular flexibility index (Phi) is 3.97. The average Bonchev–Trinajstić information content (AvgIpc) is 2.32. The Morgan fingerprint density at radius 2 is 2.08 bits per heavy atom. The van der Waals surface area contributed by atoms with E-state index < -0.39 is 0 Å². The minimum atomic E-state index is 1.02. The number of unbranched alkanes of at least 4 members (excludes halogenated alkanes) is 2. The van der Waals surface area contributed by atoms with E-state index in [-0.39, 0.29) is 0 Å². The summed E-state index contributed by atoms with van der Waals surface area (Å²) in [6.45, 7) is 4.26. The molecule has 0 bridgehead atoms. The van der Waals surface area contributed by atoms with Crippen molar-refractivity contribution in [1.29, 1.82) is 0 Å². The van der Waals surface area contributed by atoms with Crippen molar-refractivity contribution in [3.8, 4) is 0 Å². The predicted octanol–water partition coefficient (Wildman–Crippen LogP) is 3.22. The molecule has 13 heavy (non-hydrogen) atoms. The zero-order chi connectivity index (χ0) is 9.84. The first-order chi connectivity index (χ1) is 6.16. The van der Waals surface area contributed by atoms with Crippen molar-refractivity contribution >= 4 is 15.9 Å². The molecule has 0 saturated heterocycles. The van der Waals surface area contributed by atoms with E-state index >= 15 is 0 Å². The summed E-state index contributed by atoms with van der Waals surface area (Å²) in [4.78, 5) is 4.37. The molecule has 0 N–H and O–H groups in total. The molecule has 74 valence electrons. The van der Waals surface area contributed by atoms with Gasteiger partial charge < -0.3 is 4.57 Å². The van der Waals surface area contributed by atoms with Crippen molar-refractivity contribution in [3.05, 3.63) is 16.1 Å². The molecule has 2 nitrogen and oxygen atoms in total. The minimum absolute atomic E-state index is 1.02. The number of rotatable bonds is 4. The van der Waals surface area contributed by atoms with Gasteiger partial charge in [-0.3, -0.25) is 0 Å². The maximum absolute atomic E-state index is 4.37. The highest BCUT2D eigenvalue weighted by atomic mass is 79.9. The SMILES string of the molecule is CCCCCc1c(Br)nc(C)n1C. The van der Waals surface area contributed by atoms with Crippen molar-refractivity contribution in [1.82, 2.24) is 9.55 Å². The molecule has 3 heteroatoms. The normalized spacial score (nSPS) is 10.8. The lowest BCUT2D eigenvalue weighted by Crippen LogP contribution is -1.98. The first-order valence-corrected chi connectivity index (χ1v) is 5.63. The number of aryl methyl sites for hydroxylation is 1. The van der Waals surface area contributed by atoms with Crippen LogP contribution in [0.2, 0.25) is 0 Å². The third-order valence-electron chi connectivity index (χ3n) is 2.41. The summed E-state index contributed by atoms with van der Waals surface area (Å²) in [5, 5.41) is 0. The van der Waals surface area contributed by atoms with E-state index in [2.05, 4.69) is 39.5 Å². The van der Waals surface area contributed by atoms with Crippen LogP contribution in [-0.4, -0.2) is 9.55 Å². The smallest absolute Gasteiger partial charge is 0.127 e. The van der Waals surface area contributed by atoms with Gasteiger partial charge in [-0.25, -0.2) is 4.98 Å². The van der Waals surface area contributed by atoms with Crippen LogP contribution in [0.5, 0.6) is 0 Å². The molecular formula is C10H17BrN2. The molecule has 0 aromatic carbocycles. The molecule has 1 aromatic rings. The molecule has 1 heterocycles. The van der Waals surface area contributed by atoms with Crippen LogP contribution in [0.15, 0.2) is 4.60 Å². The van der Waals surface area contributed by atoms with Crippen LogP contribution in [0.4, 0.5) is 0 Å². The molecule has 0 aliphatic heterocycles. The summed E-state index contributed by atoms with van der Waals surface area (Å²) >= 11 is 3.49. The Balaban J connectivity index is 2.64. The number of hydrogen-bond acceptors (Lipinski definition) is 1. The fraction of sp³-hybridized carbons (Fsp3) is 0.700. The van der Waals surface area contributed by atoms with Gasteiger partial charge in [0.05, 0.1) is 5.69 Å². The molecule has 0 aliphatic rings. The second-order valence-electron chi connectivity index (χ2n) is 3.41. The molecule has 0 aliphatic carbocycles. The Bertz CT molecular complexity index is 279. The van der Waals surface area contributed by atoms with Crippen molar-refractivity contribution in [2.24, 2.45) is 7.05 Å². The van der Waals surface area contributed by atoms with Crippen LogP contribution >= 0.6 is 15.9 Å².